The average molecular weight is 238 g/mol. The highest BCUT2D eigenvalue weighted by Crippen LogP contribution is 2.27. The molecular weight excluding hydrogens is 224 g/mol. The Labute approximate surface area is 105 Å². The van der Waals surface area contributed by atoms with Crippen LogP contribution in [0.5, 0.6) is 0 Å². The van der Waals surface area contributed by atoms with Crippen molar-refractivity contribution >= 4 is 10.8 Å². The lowest BCUT2D eigenvalue weighted by Crippen LogP contribution is -2.01. The van der Waals surface area contributed by atoms with Gasteiger partial charge in [-0.05, 0) is 16.3 Å². The first-order chi connectivity index (χ1) is 8.88. The Hall–Kier alpha value is -2.13. The predicted octanol–water partition coefficient (Wildman–Crippen LogP) is 2.70. The minimum Gasteiger partial charge on any atom is -0.394 e. The van der Waals surface area contributed by atoms with Crippen molar-refractivity contribution in [2.24, 2.45) is 0 Å². The van der Waals surface area contributed by atoms with Gasteiger partial charge in [0.1, 0.15) is 0 Å². The SMILES string of the molecule is OCCn1cc(-c2cccc3ccccc23)cn1. The summed E-state index contributed by atoms with van der Waals surface area (Å²) >= 11 is 0. The van der Waals surface area contributed by atoms with E-state index in [-0.39, 0.29) is 6.61 Å². The molecule has 0 unspecified atom stereocenters. The molecule has 0 radical (unpaired) electrons. The Bertz CT molecular complexity index is 668. The molecule has 0 saturated carbocycles. The van der Waals surface area contributed by atoms with Gasteiger partial charge < -0.3 is 5.11 Å². The summed E-state index contributed by atoms with van der Waals surface area (Å²) in [5, 5.41) is 15.6. The smallest absolute Gasteiger partial charge is 0.0641 e. The number of hydrogen-bond acceptors (Lipinski definition) is 2. The van der Waals surface area contributed by atoms with Crippen LogP contribution in [0.3, 0.4) is 0 Å². The van der Waals surface area contributed by atoms with Crippen molar-refractivity contribution in [3.63, 3.8) is 0 Å². The molecule has 1 heterocycles. The van der Waals surface area contributed by atoms with Gasteiger partial charge in [0.2, 0.25) is 0 Å². The van der Waals surface area contributed by atoms with E-state index in [0.29, 0.717) is 6.54 Å². The van der Waals surface area contributed by atoms with Crippen molar-refractivity contribution in [2.45, 2.75) is 6.54 Å². The second kappa shape index (κ2) is 4.63. The predicted molar refractivity (Wildman–Crippen MR) is 72.3 cm³/mol. The van der Waals surface area contributed by atoms with Crippen LogP contribution < -0.4 is 0 Å². The maximum absolute atomic E-state index is 8.91. The summed E-state index contributed by atoms with van der Waals surface area (Å²) < 4.78 is 1.76. The highest BCUT2D eigenvalue weighted by molar-refractivity contribution is 5.96. The summed E-state index contributed by atoms with van der Waals surface area (Å²) in [5.74, 6) is 0. The van der Waals surface area contributed by atoms with Crippen molar-refractivity contribution in [3.8, 4) is 11.1 Å². The van der Waals surface area contributed by atoms with Crippen LogP contribution in [0, 0.1) is 0 Å². The van der Waals surface area contributed by atoms with E-state index in [1.54, 1.807) is 4.68 Å². The highest BCUT2D eigenvalue weighted by Gasteiger charge is 2.05. The third kappa shape index (κ3) is 1.89. The molecule has 0 spiro atoms. The van der Waals surface area contributed by atoms with E-state index in [1.807, 2.05) is 24.5 Å². The lowest BCUT2D eigenvalue weighted by molar-refractivity contribution is 0.269. The third-order valence-electron chi connectivity index (χ3n) is 3.06. The molecule has 0 saturated heterocycles. The van der Waals surface area contributed by atoms with Crippen LogP contribution in [0.25, 0.3) is 21.9 Å². The Balaban J connectivity index is 2.12. The quantitative estimate of drug-likeness (QED) is 0.761. The van der Waals surface area contributed by atoms with E-state index >= 15 is 0 Å². The molecule has 0 aliphatic heterocycles. The summed E-state index contributed by atoms with van der Waals surface area (Å²) in [7, 11) is 0. The molecule has 3 rings (SSSR count). The van der Waals surface area contributed by atoms with Crippen LogP contribution in [0.1, 0.15) is 0 Å². The zero-order valence-electron chi connectivity index (χ0n) is 9.95. The van der Waals surface area contributed by atoms with Gasteiger partial charge >= 0.3 is 0 Å². The third-order valence-corrected chi connectivity index (χ3v) is 3.06. The number of nitrogens with zero attached hydrogens (tertiary/aromatic N) is 2. The monoisotopic (exact) mass is 238 g/mol. The number of rotatable bonds is 3. The molecule has 0 atom stereocenters. The van der Waals surface area contributed by atoms with Gasteiger partial charge in [0, 0.05) is 11.8 Å². The Morgan fingerprint density at radius 3 is 2.78 bits per heavy atom. The summed E-state index contributed by atoms with van der Waals surface area (Å²) in [6.07, 6.45) is 3.81. The summed E-state index contributed by atoms with van der Waals surface area (Å²) in [4.78, 5) is 0. The minimum atomic E-state index is 0.108. The number of aliphatic hydroxyl groups excluding tert-OH is 1. The van der Waals surface area contributed by atoms with E-state index in [9.17, 15) is 0 Å². The largest absolute Gasteiger partial charge is 0.394 e. The number of benzene rings is 2. The van der Waals surface area contributed by atoms with Crippen molar-refractivity contribution in [1.29, 1.82) is 0 Å². The van der Waals surface area contributed by atoms with Gasteiger partial charge in [-0.25, -0.2) is 0 Å². The molecule has 3 aromatic rings. The molecule has 18 heavy (non-hydrogen) atoms. The Morgan fingerprint density at radius 2 is 1.89 bits per heavy atom. The van der Waals surface area contributed by atoms with Crippen molar-refractivity contribution in [3.05, 3.63) is 54.9 Å². The molecule has 0 aliphatic rings. The maximum atomic E-state index is 8.91. The summed E-state index contributed by atoms with van der Waals surface area (Å²) in [6.45, 7) is 0.640. The first kappa shape index (κ1) is 11.0. The zero-order valence-corrected chi connectivity index (χ0v) is 9.95. The molecule has 1 aromatic heterocycles. The first-order valence-electron chi connectivity index (χ1n) is 6.00. The Kier molecular flexibility index (Phi) is 2.82. The van der Waals surface area contributed by atoms with Crippen LogP contribution in [0.15, 0.2) is 54.9 Å². The Morgan fingerprint density at radius 1 is 1.06 bits per heavy atom. The van der Waals surface area contributed by atoms with Crippen LogP contribution in [-0.4, -0.2) is 21.5 Å². The standard InChI is InChI=1S/C15H14N2O/c18-9-8-17-11-13(10-16-17)15-7-3-5-12-4-1-2-6-14(12)15/h1-7,10-11,18H,8-9H2. The summed E-state index contributed by atoms with van der Waals surface area (Å²) in [5.41, 5.74) is 2.26. The molecule has 0 aliphatic carbocycles. The number of fused-ring (bicyclic) bond motifs is 1. The van der Waals surface area contributed by atoms with E-state index in [1.165, 1.54) is 16.3 Å². The second-order valence-corrected chi connectivity index (χ2v) is 4.24. The van der Waals surface area contributed by atoms with Crippen LogP contribution in [-0.2, 0) is 6.54 Å². The lowest BCUT2D eigenvalue weighted by Gasteiger charge is -2.03. The van der Waals surface area contributed by atoms with E-state index in [2.05, 4.69) is 35.4 Å². The minimum absolute atomic E-state index is 0.108. The average Bonchev–Trinajstić information content (AvgIpc) is 2.87. The van der Waals surface area contributed by atoms with Crippen LogP contribution in [0.4, 0.5) is 0 Å². The van der Waals surface area contributed by atoms with Gasteiger partial charge in [0.25, 0.3) is 0 Å². The summed E-state index contributed by atoms with van der Waals surface area (Å²) in [6, 6.07) is 14.6. The molecule has 90 valence electrons. The molecule has 0 amide bonds. The topological polar surface area (TPSA) is 38.0 Å². The van der Waals surface area contributed by atoms with Gasteiger partial charge in [-0.15, -0.1) is 0 Å². The van der Waals surface area contributed by atoms with E-state index in [4.69, 9.17) is 5.11 Å². The number of aromatic nitrogens is 2. The van der Waals surface area contributed by atoms with Gasteiger partial charge in [-0.2, -0.15) is 5.10 Å². The zero-order chi connectivity index (χ0) is 12.4. The van der Waals surface area contributed by atoms with E-state index < -0.39 is 0 Å². The van der Waals surface area contributed by atoms with Crippen molar-refractivity contribution < 1.29 is 5.11 Å². The number of hydrogen-bond donors (Lipinski definition) is 1. The normalized spacial score (nSPS) is 10.9. The molecule has 2 aromatic carbocycles. The lowest BCUT2D eigenvalue weighted by atomic mass is 10.0. The second-order valence-electron chi connectivity index (χ2n) is 4.24. The van der Waals surface area contributed by atoms with Gasteiger partial charge in [-0.3, -0.25) is 4.68 Å². The number of aliphatic hydroxyl groups is 1. The van der Waals surface area contributed by atoms with Gasteiger partial charge in [0.15, 0.2) is 0 Å². The van der Waals surface area contributed by atoms with E-state index in [0.717, 1.165) is 5.56 Å². The van der Waals surface area contributed by atoms with Crippen molar-refractivity contribution in [2.75, 3.05) is 6.61 Å². The van der Waals surface area contributed by atoms with Crippen molar-refractivity contribution in [1.82, 2.24) is 9.78 Å². The molecule has 0 fully saturated rings. The van der Waals surface area contributed by atoms with Gasteiger partial charge in [0.05, 0.1) is 19.3 Å². The molecule has 3 heteroatoms. The first-order valence-corrected chi connectivity index (χ1v) is 6.00. The fourth-order valence-corrected chi connectivity index (χ4v) is 2.20. The van der Waals surface area contributed by atoms with Crippen LogP contribution >= 0.6 is 0 Å². The molecule has 0 bridgehead atoms. The molecule has 3 nitrogen and oxygen atoms in total. The maximum Gasteiger partial charge on any atom is 0.0641 e. The highest BCUT2D eigenvalue weighted by atomic mass is 16.3. The fraction of sp³-hybridized carbons (Fsp3) is 0.133. The molecular formula is C15H14N2O. The van der Waals surface area contributed by atoms with Crippen LogP contribution in [0.2, 0.25) is 0 Å². The fourth-order valence-electron chi connectivity index (χ4n) is 2.20. The molecule has 1 N–H and O–H groups in total. The van der Waals surface area contributed by atoms with Gasteiger partial charge in [-0.1, -0.05) is 42.5 Å².